The van der Waals surface area contributed by atoms with Crippen LogP contribution < -0.4 is 5.73 Å². The molecule has 0 aliphatic rings. The molecular formula is C11H14N4. The molecule has 4 nitrogen and oxygen atoms in total. The van der Waals surface area contributed by atoms with Gasteiger partial charge in [0.25, 0.3) is 0 Å². The van der Waals surface area contributed by atoms with Crippen LogP contribution in [0, 0.1) is 0 Å². The Kier molecular flexibility index (Phi) is 2.78. The summed E-state index contributed by atoms with van der Waals surface area (Å²) in [5.41, 5.74) is 7.19. The summed E-state index contributed by atoms with van der Waals surface area (Å²) in [7, 11) is 1.95. The second-order valence-corrected chi connectivity index (χ2v) is 3.57. The fraction of sp³-hybridized carbons (Fsp3) is 0.273. The molecule has 0 saturated heterocycles. The lowest BCUT2D eigenvalue weighted by atomic mass is 10.1. The van der Waals surface area contributed by atoms with Crippen LogP contribution in [0.5, 0.6) is 0 Å². The largest absolute Gasteiger partial charge is 0.337 e. The van der Waals surface area contributed by atoms with Crippen molar-refractivity contribution in [1.82, 2.24) is 14.5 Å². The molecule has 0 amide bonds. The predicted molar refractivity (Wildman–Crippen MR) is 58.1 cm³/mol. The number of rotatable bonds is 3. The smallest absolute Gasteiger partial charge is 0.125 e. The highest BCUT2D eigenvalue weighted by molar-refractivity contribution is 5.12. The second kappa shape index (κ2) is 4.23. The van der Waals surface area contributed by atoms with Crippen molar-refractivity contribution in [2.45, 2.75) is 12.5 Å². The maximum Gasteiger partial charge on any atom is 0.125 e. The number of nitrogens with zero attached hydrogens (tertiary/aromatic N) is 3. The van der Waals surface area contributed by atoms with Crippen molar-refractivity contribution < 1.29 is 0 Å². The Morgan fingerprint density at radius 2 is 2.33 bits per heavy atom. The van der Waals surface area contributed by atoms with E-state index in [9.17, 15) is 0 Å². The molecule has 0 aromatic carbocycles. The highest BCUT2D eigenvalue weighted by Gasteiger charge is 2.11. The maximum absolute atomic E-state index is 6.06. The SMILES string of the molecule is Cn1ccnc1C(N)Cc1cccnc1. The van der Waals surface area contributed by atoms with Gasteiger partial charge in [-0.1, -0.05) is 6.07 Å². The first kappa shape index (κ1) is 9.86. The Morgan fingerprint density at radius 3 is 2.93 bits per heavy atom. The molecule has 4 heteroatoms. The molecule has 0 spiro atoms. The number of hydrogen-bond acceptors (Lipinski definition) is 3. The third kappa shape index (κ3) is 2.22. The lowest BCUT2D eigenvalue weighted by Gasteiger charge is -2.10. The van der Waals surface area contributed by atoms with Crippen LogP contribution in [0.2, 0.25) is 0 Å². The van der Waals surface area contributed by atoms with Crippen molar-refractivity contribution in [3.05, 3.63) is 48.3 Å². The van der Waals surface area contributed by atoms with Gasteiger partial charge in [0.05, 0.1) is 6.04 Å². The summed E-state index contributed by atoms with van der Waals surface area (Å²) in [6, 6.07) is 3.87. The van der Waals surface area contributed by atoms with Gasteiger partial charge in [0.2, 0.25) is 0 Å². The van der Waals surface area contributed by atoms with Crippen LogP contribution in [-0.2, 0) is 13.5 Å². The number of nitrogens with two attached hydrogens (primary N) is 1. The summed E-state index contributed by atoms with van der Waals surface area (Å²) in [4.78, 5) is 8.29. The Hall–Kier alpha value is -1.68. The molecule has 0 saturated carbocycles. The highest BCUT2D eigenvalue weighted by atomic mass is 15.1. The number of aromatic nitrogens is 3. The monoisotopic (exact) mass is 202 g/mol. The molecule has 0 aliphatic heterocycles. The number of hydrogen-bond donors (Lipinski definition) is 1. The van der Waals surface area contributed by atoms with Gasteiger partial charge >= 0.3 is 0 Å². The van der Waals surface area contributed by atoms with E-state index in [-0.39, 0.29) is 6.04 Å². The molecule has 2 N–H and O–H groups in total. The second-order valence-electron chi connectivity index (χ2n) is 3.57. The molecule has 1 atom stereocenters. The minimum Gasteiger partial charge on any atom is -0.337 e. The van der Waals surface area contributed by atoms with E-state index in [0.29, 0.717) is 0 Å². The topological polar surface area (TPSA) is 56.7 Å². The van der Waals surface area contributed by atoms with Crippen LogP contribution in [0.25, 0.3) is 0 Å². The van der Waals surface area contributed by atoms with E-state index in [0.717, 1.165) is 17.8 Å². The summed E-state index contributed by atoms with van der Waals surface area (Å²) < 4.78 is 1.95. The lowest BCUT2D eigenvalue weighted by Crippen LogP contribution is -2.17. The molecule has 2 heterocycles. The first-order chi connectivity index (χ1) is 7.27. The van der Waals surface area contributed by atoms with Crippen LogP contribution in [-0.4, -0.2) is 14.5 Å². The summed E-state index contributed by atoms with van der Waals surface area (Å²) >= 11 is 0. The van der Waals surface area contributed by atoms with Gasteiger partial charge in [-0.3, -0.25) is 4.98 Å². The fourth-order valence-electron chi connectivity index (χ4n) is 1.60. The average molecular weight is 202 g/mol. The zero-order chi connectivity index (χ0) is 10.7. The van der Waals surface area contributed by atoms with Gasteiger partial charge in [0.1, 0.15) is 5.82 Å². The summed E-state index contributed by atoms with van der Waals surface area (Å²) in [5.74, 6) is 0.902. The van der Waals surface area contributed by atoms with Crippen LogP contribution in [0.15, 0.2) is 36.9 Å². The average Bonchev–Trinajstić information content (AvgIpc) is 2.66. The first-order valence-electron chi connectivity index (χ1n) is 4.89. The molecule has 2 rings (SSSR count). The van der Waals surface area contributed by atoms with Crippen molar-refractivity contribution >= 4 is 0 Å². The highest BCUT2D eigenvalue weighted by Crippen LogP contribution is 2.12. The normalized spacial score (nSPS) is 12.7. The van der Waals surface area contributed by atoms with Gasteiger partial charge in [0, 0.05) is 31.8 Å². The zero-order valence-electron chi connectivity index (χ0n) is 8.67. The van der Waals surface area contributed by atoms with Gasteiger partial charge in [-0.15, -0.1) is 0 Å². The third-order valence-electron chi connectivity index (χ3n) is 2.37. The van der Waals surface area contributed by atoms with Gasteiger partial charge < -0.3 is 10.3 Å². The van der Waals surface area contributed by atoms with Crippen LogP contribution in [0.3, 0.4) is 0 Å². The molecule has 0 bridgehead atoms. The number of pyridine rings is 1. The summed E-state index contributed by atoms with van der Waals surface area (Å²) in [6.45, 7) is 0. The molecular weight excluding hydrogens is 188 g/mol. The minimum absolute atomic E-state index is 0.0748. The van der Waals surface area contributed by atoms with Crippen molar-refractivity contribution in [3.63, 3.8) is 0 Å². The van der Waals surface area contributed by atoms with Crippen molar-refractivity contribution in [2.24, 2.45) is 12.8 Å². The minimum atomic E-state index is -0.0748. The Labute approximate surface area is 88.8 Å². The van der Waals surface area contributed by atoms with Crippen molar-refractivity contribution in [3.8, 4) is 0 Å². The Bertz CT molecular complexity index is 421. The van der Waals surface area contributed by atoms with E-state index in [2.05, 4.69) is 9.97 Å². The van der Waals surface area contributed by atoms with Gasteiger partial charge in [-0.25, -0.2) is 4.98 Å². The molecule has 0 radical (unpaired) electrons. The number of imidazole rings is 1. The van der Waals surface area contributed by atoms with E-state index in [4.69, 9.17) is 5.73 Å². The Balaban J connectivity index is 2.11. The van der Waals surface area contributed by atoms with E-state index < -0.39 is 0 Å². The van der Waals surface area contributed by atoms with E-state index in [1.165, 1.54) is 0 Å². The molecule has 2 aromatic heterocycles. The maximum atomic E-state index is 6.06. The van der Waals surface area contributed by atoms with Crippen molar-refractivity contribution in [2.75, 3.05) is 0 Å². The molecule has 1 unspecified atom stereocenters. The van der Waals surface area contributed by atoms with Crippen LogP contribution in [0.4, 0.5) is 0 Å². The summed E-state index contributed by atoms with van der Waals surface area (Å²) in [5, 5.41) is 0. The van der Waals surface area contributed by atoms with Crippen LogP contribution >= 0.6 is 0 Å². The third-order valence-corrected chi connectivity index (χ3v) is 2.37. The molecule has 15 heavy (non-hydrogen) atoms. The molecule has 2 aromatic rings. The first-order valence-corrected chi connectivity index (χ1v) is 4.89. The number of aryl methyl sites for hydroxylation is 1. The predicted octanol–water partition coefficient (Wildman–Crippen LogP) is 1.06. The zero-order valence-corrected chi connectivity index (χ0v) is 8.67. The van der Waals surface area contributed by atoms with Crippen LogP contribution in [0.1, 0.15) is 17.4 Å². The quantitative estimate of drug-likeness (QED) is 0.809. The Morgan fingerprint density at radius 1 is 1.47 bits per heavy atom. The van der Waals surface area contributed by atoms with E-state index >= 15 is 0 Å². The fourth-order valence-corrected chi connectivity index (χ4v) is 1.60. The van der Waals surface area contributed by atoms with Gasteiger partial charge in [0.15, 0.2) is 0 Å². The van der Waals surface area contributed by atoms with E-state index in [1.54, 1.807) is 12.4 Å². The molecule has 0 aliphatic carbocycles. The van der Waals surface area contributed by atoms with Gasteiger partial charge in [-0.2, -0.15) is 0 Å². The molecule has 78 valence electrons. The summed E-state index contributed by atoms with van der Waals surface area (Å²) in [6.07, 6.45) is 8.02. The lowest BCUT2D eigenvalue weighted by molar-refractivity contribution is 0.631. The standard InChI is InChI=1S/C11H14N4/c1-15-6-5-14-11(15)10(12)7-9-3-2-4-13-8-9/h2-6,8,10H,7,12H2,1H3. The van der Waals surface area contributed by atoms with Crippen molar-refractivity contribution in [1.29, 1.82) is 0 Å². The van der Waals surface area contributed by atoms with Gasteiger partial charge in [-0.05, 0) is 18.1 Å². The molecule has 0 fully saturated rings. The van der Waals surface area contributed by atoms with E-state index in [1.807, 2.05) is 36.1 Å².